The van der Waals surface area contributed by atoms with Crippen molar-refractivity contribution in [2.75, 3.05) is 39.3 Å². The number of amides is 2. The fraction of sp³-hybridized carbons (Fsp3) is 0.500. The zero-order valence-corrected chi connectivity index (χ0v) is 21.3. The molecule has 186 valence electrons. The molecule has 0 heterocycles. The van der Waals surface area contributed by atoms with Crippen LogP contribution in [-0.4, -0.2) is 60.9 Å². The van der Waals surface area contributed by atoms with Gasteiger partial charge < -0.3 is 19.9 Å². The van der Waals surface area contributed by atoms with Crippen molar-refractivity contribution in [1.29, 1.82) is 0 Å². The van der Waals surface area contributed by atoms with Crippen LogP contribution in [0.15, 0.2) is 54.6 Å². The molecule has 1 N–H and O–H groups in total. The van der Waals surface area contributed by atoms with Gasteiger partial charge >= 0.3 is 0 Å². The van der Waals surface area contributed by atoms with Crippen LogP contribution in [0.25, 0.3) is 0 Å². The zero-order chi connectivity index (χ0) is 24.8. The van der Waals surface area contributed by atoms with Crippen LogP contribution >= 0.6 is 0 Å². The second kappa shape index (κ2) is 15.1. The summed E-state index contributed by atoms with van der Waals surface area (Å²) in [5.41, 5.74) is 1.47. The fourth-order valence-electron chi connectivity index (χ4n) is 3.92. The van der Waals surface area contributed by atoms with Crippen LogP contribution in [0.3, 0.4) is 0 Å². The van der Waals surface area contributed by atoms with Crippen LogP contribution in [0.2, 0.25) is 0 Å². The van der Waals surface area contributed by atoms with E-state index in [4.69, 9.17) is 4.74 Å². The van der Waals surface area contributed by atoms with Crippen molar-refractivity contribution >= 4 is 11.8 Å². The Bertz CT molecular complexity index is 845. The Labute approximate surface area is 205 Å². The molecule has 0 spiro atoms. The maximum absolute atomic E-state index is 13.1. The molecule has 0 aliphatic carbocycles. The van der Waals surface area contributed by atoms with E-state index in [0.29, 0.717) is 12.2 Å². The first-order chi connectivity index (χ1) is 16.5. The number of rotatable bonds is 15. The Balaban J connectivity index is 2.14. The highest BCUT2D eigenvalue weighted by Crippen LogP contribution is 2.22. The minimum atomic E-state index is -0.416. The van der Waals surface area contributed by atoms with E-state index in [2.05, 4.69) is 37.9 Å². The van der Waals surface area contributed by atoms with E-state index in [1.807, 2.05) is 47.4 Å². The van der Waals surface area contributed by atoms with Crippen LogP contribution in [-0.2, 0) is 4.79 Å². The molecule has 0 bridgehead atoms. The number of nitrogens with zero attached hydrogens (tertiary/aromatic N) is 2. The summed E-state index contributed by atoms with van der Waals surface area (Å²) in [6.07, 6.45) is 2.04. The van der Waals surface area contributed by atoms with Gasteiger partial charge in [0.15, 0.2) is 0 Å². The predicted octanol–water partition coefficient (Wildman–Crippen LogP) is 4.92. The molecular formula is C28H41N3O3. The fourth-order valence-corrected chi connectivity index (χ4v) is 3.92. The number of likely N-dealkylation sites (N-methyl/N-ethyl adjacent to an activating group) is 1. The third-order valence-electron chi connectivity index (χ3n) is 5.91. The molecule has 0 saturated carbocycles. The van der Waals surface area contributed by atoms with Gasteiger partial charge in [-0.25, -0.2) is 0 Å². The van der Waals surface area contributed by atoms with Gasteiger partial charge in [-0.15, -0.1) is 0 Å². The second-order valence-electron chi connectivity index (χ2n) is 8.42. The first-order valence-corrected chi connectivity index (χ1v) is 12.6. The lowest BCUT2D eigenvalue weighted by molar-refractivity contribution is -0.131. The molecule has 6 heteroatoms. The predicted molar refractivity (Wildman–Crippen MR) is 138 cm³/mol. The summed E-state index contributed by atoms with van der Waals surface area (Å²) in [5, 5.41) is 3.08. The standard InChI is InChI=1S/C28H41N3O3/c1-5-18-31(19-6-2)27(32)22-26(29-28(33)24-12-10-9-11-13-24)23-14-16-25(17-15-23)34-21-20-30(7-3)8-4/h9-17,26H,5-8,18-22H2,1-4H3,(H,29,33). The van der Waals surface area contributed by atoms with E-state index in [-0.39, 0.29) is 18.2 Å². The molecule has 0 saturated heterocycles. The molecule has 1 atom stereocenters. The van der Waals surface area contributed by atoms with Crippen molar-refractivity contribution in [3.05, 3.63) is 65.7 Å². The van der Waals surface area contributed by atoms with Crippen molar-refractivity contribution in [3.63, 3.8) is 0 Å². The highest BCUT2D eigenvalue weighted by atomic mass is 16.5. The average Bonchev–Trinajstić information content (AvgIpc) is 2.87. The number of ether oxygens (including phenoxy) is 1. The van der Waals surface area contributed by atoms with E-state index in [0.717, 1.165) is 56.9 Å². The van der Waals surface area contributed by atoms with Crippen LogP contribution in [0.1, 0.15) is 68.9 Å². The van der Waals surface area contributed by atoms with Crippen molar-refractivity contribution in [1.82, 2.24) is 15.1 Å². The van der Waals surface area contributed by atoms with Gasteiger partial charge in [-0.2, -0.15) is 0 Å². The van der Waals surface area contributed by atoms with Gasteiger partial charge in [0.25, 0.3) is 5.91 Å². The normalized spacial score (nSPS) is 11.8. The van der Waals surface area contributed by atoms with Crippen LogP contribution in [0, 0.1) is 0 Å². The number of carbonyl (C=O) groups excluding carboxylic acids is 2. The molecule has 0 aliphatic heterocycles. The molecule has 0 aliphatic rings. The van der Waals surface area contributed by atoms with Crippen molar-refractivity contribution in [2.24, 2.45) is 0 Å². The number of carbonyl (C=O) groups is 2. The van der Waals surface area contributed by atoms with Gasteiger partial charge in [0.2, 0.25) is 5.91 Å². The number of benzene rings is 2. The highest BCUT2D eigenvalue weighted by molar-refractivity contribution is 5.94. The van der Waals surface area contributed by atoms with Gasteiger partial charge in [0.1, 0.15) is 12.4 Å². The molecule has 1 unspecified atom stereocenters. The zero-order valence-electron chi connectivity index (χ0n) is 21.3. The van der Waals surface area contributed by atoms with Crippen LogP contribution in [0.5, 0.6) is 5.75 Å². The summed E-state index contributed by atoms with van der Waals surface area (Å²) in [6.45, 7) is 13.4. The molecule has 2 amide bonds. The second-order valence-corrected chi connectivity index (χ2v) is 8.42. The van der Waals surface area contributed by atoms with Crippen molar-refractivity contribution in [2.45, 2.75) is 53.0 Å². The lowest BCUT2D eigenvalue weighted by Crippen LogP contribution is -2.37. The smallest absolute Gasteiger partial charge is 0.251 e. The Morgan fingerprint density at radius 2 is 1.47 bits per heavy atom. The lowest BCUT2D eigenvalue weighted by Gasteiger charge is -2.25. The highest BCUT2D eigenvalue weighted by Gasteiger charge is 2.22. The molecule has 34 heavy (non-hydrogen) atoms. The quantitative estimate of drug-likeness (QED) is 0.404. The Morgan fingerprint density at radius 1 is 0.853 bits per heavy atom. The van der Waals surface area contributed by atoms with Gasteiger partial charge in [-0.1, -0.05) is 58.0 Å². The minimum absolute atomic E-state index is 0.0570. The molecule has 0 aromatic heterocycles. The van der Waals surface area contributed by atoms with Gasteiger partial charge in [0, 0.05) is 25.2 Å². The van der Waals surface area contributed by atoms with Gasteiger partial charge in [0.05, 0.1) is 12.5 Å². The van der Waals surface area contributed by atoms with E-state index in [1.54, 1.807) is 12.1 Å². The maximum Gasteiger partial charge on any atom is 0.251 e. The van der Waals surface area contributed by atoms with E-state index in [1.165, 1.54) is 0 Å². The summed E-state index contributed by atoms with van der Waals surface area (Å²) in [6, 6.07) is 16.4. The minimum Gasteiger partial charge on any atom is -0.492 e. The summed E-state index contributed by atoms with van der Waals surface area (Å²) >= 11 is 0. The molecule has 2 aromatic rings. The average molecular weight is 468 g/mol. The third kappa shape index (κ3) is 8.82. The lowest BCUT2D eigenvalue weighted by atomic mass is 10.0. The first kappa shape index (κ1) is 27.4. The monoisotopic (exact) mass is 467 g/mol. The topological polar surface area (TPSA) is 61.9 Å². The van der Waals surface area contributed by atoms with Crippen LogP contribution in [0.4, 0.5) is 0 Å². The SMILES string of the molecule is CCCN(CCC)C(=O)CC(NC(=O)c1ccccc1)c1ccc(OCCN(CC)CC)cc1. The first-order valence-electron chi connectivity index (χ1n) is 12.6. The van der Waals surface area contributed by atoms with Crippen LogP contribution < -0.4 is 10.1 Å². The van der Waals surface area contributed by atoms with Gasteiger partial charge in [-0.05, 0) is 55.8 Å². The molecule has 2 rings (SSSR count). The molecule has 6 nitrogen and oxygen atoms in total. The Hall–Kier alpha value is -2.86. The van der Waals surface area contributed by atoms with E-state index < -0.39 is 6.04 Å². The van der Waals surface area contributed by atoms with E-state index >= 15 is 0 Å². The van der Waals surface area contributed by atoms with Crippen molar-refractivity contribution < 1.29 is 14.3 Å². The summed E-state index contributed by atoms with van der Waals surface area (Å²) in [7, 11) is 0. The third-order valence-corrected chi connectivity index (χ3v) is 5.91. The summed E-state index contributed by atoms with van der Waals surface area (Å²) < 4.78 is 5.90. The number of hydrogen-bond acceptors (Lipinski definition) is 4. The Kier molecular flexibility index (Phi) is 12.2. The summed E-state index contributed by atoms with van der Waals surface area (Å²) in [4.78, 5) is 30.2. The molecule has 2 aromatic carbocycles. The molecular weight excluding hydrogens is 426 g/mol. The number of hydrogen-bond donors (Lipinski definition) is 1. The number of nitrogens with one attached hydrogen (secondary N) is 1. The molecule has 0 fully saturated rings. The Morgan fingerprint density at radius 3 is 2.03 bits per heavy atom. The molecule has 0 radical (unpaired) electrons. The maximum atomic E-state index is 13.1. The largest absolute Gasteiger partial charge is 0.492 e. The van der Waals surface area contributed by atoms with Crippen molar-refractivity contribution in [3.8, 4) is 5.75 Å². The van der Waals surface area contributed by atoms with Gasteiger partial charge in [-0.3, -0.25) is 9.59 Å². The van der Waals surface area contributed by atoms with E-state index in [9.17, 15) is 9.59 Å². The summed E-state index contributed by atoms with van der Waals surface area (Å²) in [5.74, 6) is 0.658.